The highest BCUT2D eigenvalue weighted by atomic mass is 16.5. The largest absolute Gasteiger partial charge is 0.497 e. The van der Waals surface area contributed by atoms with Crippen molar-refractivity contribution in [3.63, 3.8) is 0 Å². The van der Waals surface area contributed by atoms with Gasteiger partial charge in [0.05, 0.1) is 25.2 Å². The molecular formula is C30H33N3O4. The Morgan fingerprint density at radius 2 is 1.95 bits per heavy atom. The second kappa shape index (κ2) is 12.0. The van der Waals surface area contributed by atoms with E-state index >= 15 is 0 Å². The standard InChI is InChI=1S/C30H33N3O4/c1-35-26-7-2-5-22(17-26)20-32-25-10-14-33(15-11-25)13-4-16-36-28-19-30(34)37-29-18-23(8-9-27(28)29)24-6-3-12-31-21-24/h2-3,5-9,12,17-19,21,25,32H,4,10-11,13-16,20H2,1H3. The van der Waals surface area contributed by atoms with Crippen LogP contribution in [0.15, 0.2) is 82.3 Å². The minimum absolute atomic E-state index is 0.408. The molecule has 1 N–H and O–H groups in total. The van der Waals surface area contributed by atoms with E-state index in [-0.39, 0.29) is 0 Å². The van der Waals surface area contributed by atoms with Gasteiger partial charge in [-0.15, -0.1) is 0 Å². The Hall–Kier alpha value is -3.68. The van der Waals surface area contributed by atoms with Gasteiger partial charge in [0.15, 0.2) is 0 Å². The summed E-state index contributed by atoms with van der Waals surface area (Å²) in [6.07, 6.45) is 6.69. The van der Waals surface area contributed by atoms with Gasteiger partial charge >= 0.3 is 5.63 Å². The summed E-state index contributed by atoms with van der Waals surface area (Å²) < 4.78 is 16.8. The van der Waals surface area contributed by atoms with Crippen molar-refractivity contribution < 1.29 is 13.9 Å². The molecule has 2 aromatic heterocycles. The number of hydrogen-bond donors (Lipinski definition) is 1. The predicted octanol–water partition coefficient (Wildman–Crippen LogP) is 4.89. The molecule has 1 fully saturated rings. The Morgan fingerprint density at radius 1 is 1.05 bits per heavy atom. The van der Waals surface area contributed by atoms with Gasteiger partial charge < -0.3 is 24.1 Å². The third kappa shape index (κ3) is 6.56. The number of nitrogens with zero attached hydrogens (tertiary/aromatic N) is 2. The van der Waals surface area contributed by atoms with Gasteiger partial charge in [-0.2, -0.15) is 0 Å². The molecule has 1 aliphatic rings. The molecule has 0 aliphatic carbocycles. The van der Waals surface area contributed by atoms with Crippen LogP contribution in [0.25, 0.3) is 22.1 Å². The lowest BCUT2D eigenvalue weighted by Gasteiger charge is -2.32. The highest BCUT2D eigenvalue weighted by Gasteiger charge is 2.18. The molecule has 5 rings (SSSR count). The molecule has 4 aromatic rings. The number of aromatic nitrogens is 1. The van der Waals surface area contributed by atoms with Crippen molar-refractivity contribution >= 4 is 11.0 Å². The molecule has 0 radical (unpaired) electrons. The number of ether oxygens (including phenoxy) is 2. The molecule has 0 saturated carbocycles. The topological polar surface area (TPSA) is 76.8 Å². The molecule has 37 heavy (non-hydrogen) atoms. The molecule has 192 valence electrons. The number of nitrogens with one attached hydrogen (secondary N) is 1. The maximum Gasteiger partial charge on any atom is 0.339 e. The van der Waals surface area contributed by atoms with Crippen molar-refractivity contribution in [2.45, 2.75) is 31.8 Å². The zero-order valence-electron chi connectivity index (χ0n) is 21.2. The van der Waals surface area contributed by atoms with E-state index in [1.165, 1.54) is 11.6 Å². The lowest BCUT2D eigenvalue weighted by Crippen LogP contribution is -2.42. The van der Waals surface area contributed by atoms with E-state index in [0.29, 0.717) is 24.0 Å². The van der Waals surface area contributed by atoms with Crippen LogP contribution in [-0.2, 0) is 6.54 Å². The van der Waals surface area contributed by atoms with Crippen LogP contribution in [0.4, 0.5) is 0 Å². The molecule has 7 heteroatoms. The second-order valence-electron chi connectivity index (χ2n) is 9.43. The number of fused-ring (bicyclic) bond motifs is 1. The van der Waals surface area contributed by atoms with Gasteiger partial charge in [0.25, 0.3) is 0 Å². The molecule has 2 aromatic carbocycles. The van der Waals surface area contributed by atoms with Crippen LogP contribution in [0.5, 0.6) is 11.5 Å². The molecule has 0 atom stereocenters. The fraction of sp³-hybridized carbons (Fsp3) is 0.333. The van der Waals surface area contributed by atoms with E-state index < -0.39 is 5.63 Å². The number of piperidine rings is 1. The van der Waals surface area contributed by atoms with Crippen LogP contribution in [0, 0.1) is 0 Å². The van der Waals surface area contributed by atoms with Crippen LogP contribution in [0.1, 0.15) is 24.8 Å². The maximum atomic E-state index is 12.2. The first kappa shape index (κ1) is 25.0. The Morgan fingerprint density at radius 3 is 2.76 bits per heavy atom. The summed E-state index contributed by atoms with van der Waals surface area (Å²) in [4.78, 5) is 18.8. The molecule has 0 unspecified atom stereocenters. The number of rotatable bonds is 10. The predicted molar refractivity (Wildman–Crippen MR) is 145 cm³/mol. The molecular weight excluding hydrogens is 466 g/mol. The van der Waals surface area contributed by atoms with Crippen molar-refractivity contribution in [2.24, 2.45) is 0 Å². The molecule has 0 amide bonds. The summed E-state index contributed by atoms with van der Waals surface area (Å²) in [5.74, 6) is 1.47. The summed E-state index contributed by atoms with van der Waals surface area (Å²) in [5, 5.41) is 4.49. The molecule has 0 bridgehead atoms. The van der Waals surface area contributed by atoms with Crippen LogP contribution in [0.3, 0.4) is 0 Å². The van der Waals surface area contributed by atoms with E-state index in [1.54, 1.807) is 19.5 Å². The summed E-state index contributed by atoms with van der Waals surface area (Å²) >= 11 is 0. The van der Waals surface area contributed by atoms with Crippen molar-refractivity contribution in [3.05, 3.63) is 89.0 Å². The van der Waals surface area contributed by atoms with Gasteiger partial charge in [0.1, 0.15) is 17.1 Å². The Bertz CT molecular complexity index is 1360. The van der Waals surface area contributed by atoms with Crippen LogP contribution in [0.2, 0.25) is 0 Å². The fourth-order valence-corrected chi connectivity index (χ4v) is 4.84. The third-order valence-electron chi connectivity index (χ3n) is 6.89. The summed E-state index contributed by atoms with van der Waals surface area (Å²) in [6, 6.07) is 19.9. The average Bonchev–Trinajstić information content (AvgIpc) is 2.95. The number of likely N-dealkylation sites (tertiary alicyclic amines) is 1. The van der Waals surface area contributed by atoms with Gasteiger partial charge in [-0.3, -0.25) is 4.98 Å². The lowest BCUT2D eigenvalue weighted by molar-refractivity contribution is 0.182. The normalized spacial score (nSPS) is 14.6. The molecule has 1 aliphatic heterocycles. The van der Waals surface area contributed by atoms with Gasteiger partial charge in [-0.1, -0.05) is 24.3 Å². The summed E-state index contributed by atoms with van der Waals surface area (Å²) in [5.41, 5.74) is 3.27. The van der Waals surface area contributed by atoms with E-state index in [0.717, 1.165) is 67.7 Å². The second-order valence-corrected chi connectivity index (χ2v) is 9.43. The first-order valence-electron chi connectivity index (χ1n) is 12.9. The summed E-state index contributed by atoms with van der Waals surface area (Å²) in [6.45, 7) is 4.54. The minimum Gasteiger partial charge on any atom is -0.497 e. The van der Waals surface area contributed by atoms with Crippen molar-refractivity contribution in [3.8, 4) is 22.6 Å². The first-order valence-corrected chi connectivity index (χ1v) is 12.9. The number of hydrogen-bond acceptors (Lipinski definition) is 7. The zero-order valence-corrected chi connectivity index (χ0v) is 21.2. The minimum atomic E-state index is -0.408. The van der Waals surface area contributed by atoms with Crippen LogP contribution in [-0.4, -0.2) is 49.3 Å². The Kier molecular flexibility index (Phi) is 8.13. The van der Waals surface area contributed by atoms with Gasteiger partial charge in [0, 0.05) is 37.1 Å². The van der Waals surface area contributed by atoms with E-state index in [2.05, 4.69) is 27.3 Å². The van der Waals surface area contributed by atoms with Crippen LogP contribution < -0.4 is 20.4 Å². The molecule has 0 spiro atoms. The number of pyridine rings is 1. The quantitative estimate of drug-likeness (QED) is 0.246. The van der Waals surface area contributed by atoms with Crippen molar-refractivity contribution in [2.75, 3.05) is 33.4 Å². The molecule has 3 heterocycles. The molecule has 7 nitrogen and oxygen atoms in total. The van der Waals surface area contributed by atoms with Crippen LogP contribution >= 0.6 is 0 Å². The number of benzene rings is 2. The SMILES string of the molecule is COc1cccc(CNC2CCN(CCCOc3cc(=O)oc4cc(-c5cccnc5)ccc34)CC2)c1. The smallest absolute Gasteiger partial charge is 0.339 e. The Labute approximate surface area is 217 Å². The Balaban J connectivity index is 1.08. The van der Waals surface area contributed by atoms with Crippen molar-refractivity contribution in [1.29, 1.82) is 0 Å². The zero-order chi connectivity index (χ0) is 25.5. The average molecular weight is 500 g/mol. The lowest BCUT2D eigenvalue weighted by atomic mass is 10.0. The maximum absolute atomic E-state index is 12.2. The highest BCUT2D eigenvalue weighted by Crippen LogP contribution is 2.28. The summed E-state index contributed by atoms with van der Waals surface area (Å²) in [7, 11) is 1.70. The van der Waals surface area contributed by atoms with Gasteiger partial charge in [-0.05, 0) is 73.8 Å². The first-order chi connectivity index (χ1) is 18.2. The van der Waals surface area contributed by atoms with Crippen molar-refractivity contribution in [1.82, 2.24) is 15.2 Å². The number of methoxy groups -OCH3 is 1. The van der Waals surface area contributed by atoms with E-state index in [9.17, 15) is 4.79 Å². The van der Waals surface area contributed by atoms with E-state index in [1.807, 2.05) is 42.5 Å². The van der Waals surface area contributed by atoms with E-state index in [4.69, 9.17) is 13.9 Å². The monoisotopic (exact) mass is 499 g/mol. The highest BCUT2D eigenvalue weighted by molar-refractivity contribution is 5.87. The fourth-order valence-electron chi connectivity index (χ4n) is 4.84. The van der Waals surface area contributed by atoms with Gasteiger partial charge in [0.2, 0.25) is 0 Å². The molecule has 1 saturated heterocycles. The third-order valence-corrected chi connectivity index (χ3v) is 6.89. The van der Waals surface area contributed by atoms with Gasteiger partial charge in [-0.25, -0.2) is 4.79 Å².